The normalized spacial score (nSPS) is 11.2. The molecule has 0 N–H and O–H groups in total. The van der Waals surface area contributed by atoms with E-state index in [0.717, 1.165) is 13.4 Å². The van der Waals surface area contributed by atoms with Crippen LogP contribution < -0.4 is 4.74 Å². The predicted octanol–water partition coefficient (Wildman–Crippen LogP) is 5.78. The number of ether oxygens (including phenoxy) is 1. The highest BCUT2D eigenvalue weighted by Gasteiger charge is 2.10. The van der Waals surface area contributed by atoms with Gasteiger partial charge in [0.1, 0.15) is 29.6 Å². The Bertz CT molecular complexity index is 953. The second-order valence-corrected chi connectivity index (χ2v) is 7.95. The summed E-state index contributed by atoms with van der Waals surface area (Å²) >= 11 is 10.4. The van der Waals surface area contributed by atoms with E-state index in [9.17, 15) is 4.79 Å². The fraction of sp³-hybridized carbons (Fsp3) is 0.111. The van der Waals surface area contributed by atoms with Crippen molar-refractivity contribution in [2.24, 2.45) is 7.05 Å². The molecule has 3 aromatic rings. The van der Waals surface area contributed by atoms with Crippen molar-refractivity contribution in [1.82, 2.24) is 9.78 Å². The van der Waals surface area contributed by atoms with Crippen LogP contribution in [0.3, 0.4) is 0 Å². The van der Waals surface area contributed by atoms with Crippen molar-refractivity contribution < 1.29 is 13.9 Å². The Morgan fingerprint density at radius 2 is 1.96 bits per heavy atom. The molecule has 0 aliphatic heterocycles. The second kappa shape index (κ2) is 8.37. The van der Waals surface area contributed by atoms with E-state index in [4.69, 9.17) is 9.15 Å². The number of ketones is 1. The molecule has 0 aliphatic carbocycles. The van der Waals surface area contributed by atoms with Gasteiger partial charge in [0.05, 0.1) is 8.95 Å². The fourth-order valence-corrected chi connectivity index (χ4v) is 4.72. The average Bonchev–Trinajstić information content (AvgIpc) is 3.20. The number of nitrogens with zero attached hydrogens (tertiary/aromatic N) is 2. The van der Waals surface area contributed by atoms with E-state index in [1.54, 1.807) is 31.5 Å². The maximum Gasteiger partial charge on any atom is 0.203 e. The van der Waals surface area contributed by atoms with E-state index in [-0.39, 0.29) is 12.4 Å². The highest BCUT2D eigenvalue weighted by molar-refractivity contribution is 9.11. The molecule has 0 atom stereocenters. The summed E-state index contributed by atoms with van der Waals surface area (Å²) in [5.41, 5.74) is 0.515. The van der Waals surface area contributed by atoms with Crippen LogP contribution in [0.25, 0.3) is 6.08 Å². The lowest BCUT2D eigenvalue weighted by atomic mass is 10.2. The first kappa shape index (κ1) is 19.1. The maximum absolute atomic E-state index is 12.1. The van der Waals surface area contributed by atoms with Crippen LogP contribution in [0.5, 0.6) is 5.75 Å². The number of aryl methyl sites for hydroxylation is 1. The van der Waals surface area contributed by atoms with Gasteiger partial charge >= 0.3 is 0 Å². The highest BCUT2D eigenvalue weighted by atomic mass is 79.9. The van der Waals surface area contributed by atoms with Gasteiger partial charge in [0.25, 0.3) is 0 Å². The minimum atomic E-state index is -0.137. The molecule has 0 spiro atoms. The van der Waals surface area contributed by atoms with Gasteiger partial charge in [0, 0.05) is 17.7 Å². The number of halogens is 3. The molecule has 0 unspecified atom stereocenters. The number of allylic oxidation sites excluding steroid dienone is 1. The molecular weight excluding hydrogens is 532 g/mol. The molecule has 0 saturated heterocycles. The zero-order valence-electron chi connectivity index (χ0n) is 13.6. The monoisotopic (exact) mass is 542 g/mol. The van der Waals surface area contributed by atoms with E-state index in [1.807, 2.05) is 18.2 Å². The van der Waals surface area contributed by atoms with Crippen molar-refractivity contribution in [3.05, 3.63) is 73.2 Å². The predicted molar refractivity (Wildman–Crippen MR) is 109 cm³/mol. The number of carbonyl (C=O) groups excluding carboxylic acids is 1. The molecule has 0 amide bonds. The largest absolute Gasteiger partial charge is 0.483 e. The van der Waals surface area contributed by atoms with Crippen molar-refractivity contribution in [2.75, 3.05) is 0 Å². The molecule has 3 rings (SSSR count). The summed E-state index contributed by atoms with van der Waals surface area (Å²) in [5.74, 6) is 1.78. The number of hydrogen-bond acceptors (Lipinski definition) is 4. The van der Waals surface area contributed by atoms with Crippen molar-refractivity contribution in [2.45, 2.75) is 6.61 Å². The smallest absolute Gasteiger partial charge is 0.203 e. The summed E-state index contributed by atoms with van der Waals surface area (Å²) in [6.45, 7) is 0.266. The second-order valence-electron chi connectivity index (χ2n) is 5.33. The number of hydrogen-bond donors (Lipinski definition) is 0. The van der Waals surface area contributed by atoms with Gasteiger partial charge < -0.3 is 9.15 Å². The van der Waals surface area contributed by atoms with Gasteiger partial charge in [-0.05, 0) is 74.3 Å². The van der Waals surface area contributed by atoms with E-state index >= 15 is 0 Å². The summed E-state index contributed by atoms with van der Waals surface area (Å²) < 4.78 is 15.6. The SMILES string of the molecule is Cn1nccc1C(=O)/C=C/c1ccc(COc2c(Br)cc(Br)cc2Br)o1. The first-order valence-corrected chi connectivity index (χ1v) is 9.88. The molecule has 8 heteroatoms. The molecule has 26 heavy (non-hydrogen) atoms. The average molecular weight is 545 g/mol. The lowest BCUT2D eigenvalue weighted by molar-refractivity contribution is 0.103. The number of aromatic nitrogens is 2. The Kier molecular flexibility index (Phi) is 6.16. The van der Waals surface area contributed by atoms with Crippen LogP contribution in [-0.4, -0.2) is 15.6 Å². The molecular formula is C18H13Br3N2O3. The third-order valence-electron chi connectivity index (χ3n) is 3.48. The van der Waals surface area contributed by atoms with E-state index in [1.165, 1.54) is 10.8 Å². The number of carbonyl (C=O) groups is 1. The first-order chi connectivity index (χ1) is 12.4. The topological polar surface area (TPSA) is 57.3 Å². The molecule has 1 aromatic carbocycles. The van der Waals surface area contributed by atoms with Crippen LogP contribution in [0.1, 0.15) is 22.0 Å². The third kappa shape index (κ3) is 4.55. The quantitative estimate of drug-likeness (QED) is 0.292. The summed E-state index contributed by atoms with van der Waals surface area (Å²) in [7, 11) is 1.72. The minimum Gasteiger partial charge on any atom is -0.483 e. The maximum atomic E-state index is 12.1. The molecule has 0 radical (unpaired) electrons. The molecule has 0 saturated carbocycles. The van der Waals surface area contributed by atoms with Crippen LogP contribution in [0.4, 0.5) is 0 Å². The van der Waals surface area contributed by atoms with E-state index < -0.39 is 0 Å². The zero-order chi connectivity index (χ0) is 18.7. The van der Waals surface area contributed by atoms with Crippen LogP contribution in [-0.2, 0) is 13.7 Å². The van der Waals surface area contributed by atoms with Gasteiger partial charge in [0.2, 0.25) is 5.78 Å². The Balaban J connectivity index is 1.64. The van der Waals surface area contributed by atoms with Gasteiger partial charge in [-0.3, -0.25) is 9.48 Å². The highest BCUT2D eigenvalue weighted by Crippen LogP contribution is 2.36. The summed E-state index contributed by atoms with van der Waals surface area (Å²) in [4.78, 5) is 12.1. The van der Waals surface area contributed by atoms with Crippen LogP contribution >= 0.6 is 47.8 Å². The number of rotatable bonds is 6. The Morgan fingerprint density at radius 3 is 2.62 bits per heavy atom. The summed E-state index contributed by atoms with van der Waals surface area (Å²) in [5, 5.41) is 3.98. The molecule has 0 fully saturated rings. The number of furan rings is 1. The number of benzene rings is 1. The standard InChI is InChI=1S/C18H13Br3N2O3/c1-23-16(6-7-22-23)17(24)5-4-12-2-3-13(26-12)10-25-18-14(20)8-11(19)9-15(18)21/h2-9H,10H2,1H3/b5-4+. The van der Waals surface area contributed by atoms with Gasteiger partial charge in [-0.15, -0.1) is 0 Å². The van der Waals surface area contributed by atoms with Gasteiger partial charge in [0.15, 0.2) is 0 Å². The summed E-state index contributed by atoms with van der Waals surface area (Å²) in [6.07, 6.45) is 4.68. The Hall–Kier alpha value is -1.64. The van der Waals surface area contributed by atoms with Crippen LogP contribution in [0, 0.1) is 0 Å². The zero-order valence-corrected chi connectivity index (χ0v) is 18.3. The summed E-state index contributed by atoms with van der Waals surface area (Å²) in [6, 6.07) is 9.08. The Morgan fingerprint density at radius 1 is 1.23 bits per heavy atom. The van der Waals surface area contributed by atoms with Gasteiger partial charge in [-0.1, -0.05) is 15.9 Å². The van der Waals surface area contributed by atoms with Crippen LogP contribution in [0.2, 0.25) is 0 Å². The van der Waals surface area contributed by atoms with Gasteiger partial charge in [-0.2, -0.15) is 5.10 Å². The fourth-order valence-electron chi connectivity index (χ4n) is 2.23. The molecule has 134 valence electrons. The van der Waals surface area contributed by atoms with Crippen molar-refractivity contribution >= 4 is 59.6 Å². The lowest BCUT2D eigenvalue weighted by Crippen LogP contribution is -2.03. The Labute approximate surface area is 175 Å². The van der Waals surface area contributed by atoms with Gasteiger partial charge in [-0.25, -0.2) is 0 Å². The molecule has 2 aromatic heterocycles. The minimum absolute atomic E-state index is 0.137. The molecule has 2 heterocycles. The molecule has 5 nitrogen and oxygen atoms in total. The van der Waals surface area contributed by atoms with E-state index in [0.29, 0.717) is 23.0 Å². The van der Waals surface area contributed by atoms with Crippen LogP contribution in [0.15, 0.2) is 60.4 Å². The van der Waals surface area contributed by atoms with Crippen molar-refractivity contribution in [3.63, 3.8) is 0 Å². The third-order valence-corrected chi connectivity index (χ3v) is 5.11. The van der Waals surface area contributed by atoms with Crippen molar-refractivity contribution in [1.29, 1.82) is 0 Å². The van der Waals surface area contributed by atoms with E-state index in [2.05, 4.69) is 52.9 Å². The van der Waals surface area contributed by atoms with Crippen molar-refractivity contribution in [3.8, 4) is 5.75 Å². The first-order valence-electron chi connectivity index (χ1n) is 7.50. The lowest BCUT2D eigenvalue weighted by Gasteiger charge is -2.09. The molecule has 0 aliphatic rings. The molecule has 0 bridgehead atoms.